The number of likely N-dealkylation sites (tertiary alicyclic amines) is 1. The summed E-state index contributed by atoms with van der Waals surface area (Å²) in [6.07, 6.45) is 2.19. The van der Waals surface area contributed by atoms with Crippen LogP contribution in [0.2, 0.25) is 0 Å². The van der Waals surface area contributed by atoms with Crippen molar-refractivity contribution in [2.75, 3.05) is 18.8 Å². The number of amides is 1. The highest BCUT2D eigenvalue weighted by Crippen LogP contribution is 2.20. The van der Waals surface area contributed by atoms with Crippen LogP contribution >= 0.6 is 11.8 Å². The molecule has 9 heteroatoms. The zero-order chi connectivity index (χ0) is 18.8. The summed E-state index contributed by atoms with van der Waals surface area (Å²) in [6.45, 7) is 4.46. The molecule has 1 aliphatic rings. The molecule has 1 aliphatic heterocycles. The topological polar surface area (TPSA) is 81.7 Å². The number of hydrogen-bond acceptors (Lipinski definition) is 6. The van der Waals surface area contributed by atoms with Crippen LogP contribution in [0.3, 0.4) is 0 Å². The van der Waals surface area contributed by atoms with Crippen LogP contribution in [0.5, 0.6) is 0 Å². The van der Waals surface area contributed by atoms with Gasteiger partial charge in [-0.2, -0.15) is 0 Å². The maximum absolute atomic E-state index is 12.4. The Morgan fingerprint density at radius 1 is 1.19 bits per heavy atom. The Bertz CT molecular complexity index is 942. The van der Waals surface area contributed by atoms with Crippen molar-refractivity contribution in [1.29, 1.82) is 0 Å². The van der Waals surface area contributed by atoms with Gasteiger partial charge in [0.2, 0.25) is 5.91 Å². The van der Waals surface area contributed by atoms with E-state index in [1.54, 1.807) is 0 Å². The Balaban J connectivity index is 1.39. The molecule has 0 radical (unpaired) electrons. The molecule has 0 saturated carbocycles. The monoisotopic (exact) mass is 385 g/mol. The molecular formula is C18H23N7OS. The number of fused-ring (bicyclic) bond motifs is 1. The van der Waals surface area contributed by atoms with Gasteiger partial charge in [0.05, 0.1) is 11.3 Å². The minimum Gasteiger partial charge on any atom is -0.342 e. The van der Waals surface area contributed by atoms with E-state index in [1.165, 1.54) is 11.8 Å². The Morgan fingerprint density at radius 2 is 1.96 bits per heavy atom. The molecule has 4 rings (SSSR count). The predicted octanol–water partition coefficient (Wildman–Crippen LogP) is 1.96. The van der Waals surface area contributed by atoms with Gasteiger partial charge in [-0.15, -0.1) is 15.3 Å². The second-order valence-electron chi connectivity index (χ2n) is 7.05. The summed E-state index contributed by atoms with van der Waals surface area (Å²) >= 11 is 1.44. The number of nitrogens with zero attached hydrogens (tertiary/aromatic N) is 7. The zero-order valence-corrected chi connectivity index (χ0v) is 16.4. The van der Waals surface area contributed by atoms with Gasteiger partial charge in [0.1, 0.15) is 12.1 Å². The van der Waals surface area contributed by atoms with Crippen LogP contribution < -0.4 is 0 Å². The molecule has 3 heterocycles. The maximum Gasteiger partial charge on any atom is 0.233 e. The minimum absolute atomic E-state index is 0.179. The fraction of sp³-hybridized carbons (Fsp3) is 0.500. The zero-order valence-electron chi connectivity index (χ0n) is 15.6. The van der Waals surface area contributed by atoms with E-state index in [9.17, 15) is 4.79 Å². The molecule has 1 fully saturated rings. The van der Waals surface area contributed by atoms with Gasteiger partial charge in [-0.25, -0.2) is 4.68 Å². The normalized spacial score (nSPS) is 15.6. The molecule has 0 N–H and O–H groups in total. The van der Waals surface area contributed by atoms with Gasteiger partial charge in [-0.05, 0) is 30.9 Å². The van der Waals surface area contributed by atoms with Crippen molar-refractivity contribution in [2.24, 2.45) is 13.0 Å². The van der Waals surface area contributed by atoms with Gasteiger partial charge >= 0.3 is 0 Å². The smallest absolute Gasteiger partial charge is 0.233 e. The number of thioether (sulfide) groups is 1. The third-order valence-electron chi connectivity index (χ3n) is 5.10. The summed E-state index contributed by atoms with van der Waals surface area (Å²) in [6, 6.07) is 7.83. The Kier molecular flexibility index (Phi) is 5.11. The highest BCUT2D eigenvalue weighted by atomic mass is 32.2. The maximum atomic E-state index is 12.4. The fourth-order valence-electron chi connectivity index (χ4n) is 3.25. The van der Waals surface area contributed by atoms with E-state index in [-0.39, 0.29) is 5.91 Å². The van der Waals surface area contributed by atoms with Gasteiger partial charge in [0.25, 0.3) is 0 Å². The lowest BCUT2D eigenvalue weighted by molar-refractivity contribution is -0.129. The molecule has 1 saturated heterocycles. The molecule has 0 aliphatic carbocycles. The van der Waals surface area contributed by atoms with Crippen LogP contribution in [0.4, 0.5) is 0 Å². The Hall–Kier alpha value is -2.42. The van der Waals surface area contributed by atoms with Crippen molar-refractivity contribution in [2.45, 2.75) is 31.5 Å². The minimum atomic E-state index is 0.179. The SMILES string of the molecule is CC1CCN(C(=O)CSc2nnc(Cn3nnc4ccccc43)n2C)CC1. The quantitative estimate of drug-likeness (QED) is 0.625. The number of rotatable bonds is 5. The fourth-order valence-corrected chi connectivity index (χ4v) is 4.08. The Morgan fingerprint density at radius 3 is 2.78 bits per heavy atom. The lowest BCUT2D eigenvalue weighted by atomic mass is 9.99. The van der Waals surface area contributed by atoms with Crippen molar-refractivity contribution in [3.05, 3.63) is 30.1 Å². The predicted molar refractivity (Wildman–Crippen MR) is 103 cm³/mol. The van der Waals surface area contributed by atoms with Crippen LogP contribution in [-0.2, 0) is 18.4 Å². The number of carbonyl (C=O) groups is 1. The molecule has 3 aromatic rings. The number of aromatic nitrogens is 6. The van der Waals surface area contributed by atoms with E-state index in [4.69, 9.17) is 0 Å². The average Bonchev–Trinajstić information content (AvgIpc) is 3.25. The standard InChI is InChI=1S/C18H23N7OS/c1-13-7-9-24(10-8-13)17(26)12-27-18-21-20-16(23(18)2)11-25-15-6-4-3-5-14(15)19-22-25/h3-6,13H,7-12H2,1-2H3. The summed E-state index contributed by atoms with van der Waals surface area (Å²) in [4.78, 5) is 14.4. The first-order valence-electron chi connectivity index (χ1n) is 9.19. The lowest BCUT2D eigenvalue weighted by Crippen LogP contribution is -2.38. The van der Waals surface area contributed by atoms with E-state index in [0.29, 0.717) is 12.3 Å². The molecule has 0 unspecified atom stereocenters. The molecule has 27 heavy (non-hydrogen) atoms. The summed E-state index contributed by atoms with van der Waals surface area (Å²) in [5.41, 5.74) is 1.82. The molecule has 1 amide bonds. The van der Waals surface area contributed by atoms with Gasteiger partial charge in [-0.3, -0.25) is 4.79 Å². The molecular weight excluding hydrogens is 362 g/mol. The van der Waals surface area contributed by atoms with E-state index < -0.39 is 0 Å². The molecule has 142 valence electrons. The highest BCUT2D eigenvalue weighted by Gasteiger charge is 2.21. The summed E-state index contributed by atoms with van der Waals surface area (Å²) in [7, 11) is 1.92. The first kappa shape index (κ1) is 18.0. The number of hydrogen-bond donors (Lipinski definition) is 0. The van der Waals surface area contributed by atoms with Crippen LogP contribution in [-0.4, -0.2) is 59.4 Å². The van der Waals surface area contributed by atoms with Crippen molar-refractivity contribution in [3.8, 4) is 0 Å². The van der Waals surface area contributed by atoms with E-state index in [2.05, 4.69) is 27.4 Å². The number of benzene rings is 1. The van der Waals surface area contributed by atoms with Gasteiger partial charge in [-0.1, -0.05) is 36.0 Å². The van der Waals surface area contributed by atoms with Gasteiger partial charge < -0.3 is 9.47 Å². The third kappa shape index (κ3) is 3.83. The van der Waals surface area contributed by atoms with Crippen molar-refractivity contribution >= 4 is 28.7 Å². The summed E-state index contributed by atoms with van der Waals surface area (Å²) < 4.78 is 3.74. The molecule has 0 atom stereocenters. The van der Waals surface area contributed by atoms with E-state index >= 15 is 0 Å². The second kappa shape index (κ2) is 7.67. The molecule has 0 spiro atoms. The van der Waals surface area contributed by atoms with Crippen molar-refractivity contribution in [3.63, 3.8) is 0 Å². The summed E-state index contributed by atoms with van der Waals surface area (Å²) in [5, 5.41) is 17.6. The van der Waals surface area contributed by atoms with E-state index in [0.717, 1.165) is 53.9 Å². The van der Waals surface area contributed by atoms with Gasteiger partial charge in [0, 0.05) is 20.1 Å². The second-order valence-corrected chi connectivity index (χ2v) is 7.99. The average molecular weight is 385 g/mol. The largest absolute Gasteiger partial charge is 0.342 e. The van der Waals surface area contributed by atoms with Gasteiger partial charge in [0.15, 0.2) is 11.0 Å². The van der Waals surface area contributed by atoms with Crippen LogP contribution in [0.15, 0.2) is 29.4 Å². The van der Waals surface area contributed by atoms with Crippen molar-refractivity contribution in [1.82, 2.24) is 34.7 Å². The molecule has 0 bridgehead atoms. The van der Waals surface area contributed by atoms with Crippen LogP contribution in [0, 0.1) is 5.92 Å². The highest BCUT2D eigenvalue weighted by molar-refractivity contribution is 7.99. The van der Waals surface area contributed by atoms with Crippen molar-refractivity contribution < 1.29 is 4.79 Å². The van der Waals surface area contributed by atoms with E-state index in [1.807, 2.05) is 45.5 Å². The third-order valence-corrected chi connectivity index (χ3v) is 6.10. The first-order chi connectivity index (χ1) is 13.1. The number of piperidine rings is 1. The first-order valence-corrected chi connectivity index (χ1v) is 10.2. The van der Waals surface area contributed by atoms with Crippen LogP contribution in [0.1, 0.15) is 25.6 Å². The molecule has 2 aromatic heterocycles. The lowest BCUT2D eigenvalue weighted by Gasteiger charge is -2.30. The summed E-state index contributed by atoms with van der Waals surface area (Å²) in [5.74, 6) is 2.08. The van der Waals surface area contributed by atoms with Crippen LogP contribution in [0.25, 0.3) is 11.0 Å². The molecule has 8 nitrogen and oxygen atoms in total. The molecule has 1 aromatic carbocycles. The number of carbonyl (C=O) groups excluding carboxylic acids is 1. The Labute approximate surface area is 161 Å². The number of para-hydroxylation sites is 1.